The zero-order chi connectivity index (χ0) is 25.0. The summed E-state index contributed by atoms with van der Waals surface area (Å²) in [5.74, 6) is -1.66. The number of amides is 2. The second-order valence-electron chi connectivity index (χ2n) is 8.91. The SMILES string of the molecule is CC(CC(=O)O)NC(=O)C(C)(NC(=O)OCC1c2ccccc2-c2ccccc21)c1ccccc1. The standard InChI is InChI=1S/C28H28N2O5/c1-18(16-25(31)32)29-26(33)28(2,19-10-4-3-5-11-19)30-27(34)35-17-24-22-14-8-6-12-20(22)21-13-7-9-15-23(21)24/h3-15,18,24H,16-17H2,1-2H3,(H,29,33)(H,30,34)(H,31,32). The molecular weight excluding hydrogens is 444 g/mol. The van der Waals surface area contributed by atoms with E-state index in [2.05, 4.69) is 22.8 Å². The Kier molecular flexibility index (Phi) is 6.87. The quantitative estimate of drug-likeness (QED) is 0.450. The molecule has 1 aliphatic rings. The molecule has 7 nitrogen and oxygen atoms in total. The summed E-state index contributed by atoms with van der Waals surface area (Å²) in [5, 5.41) is 14.4. The van der Waals surface area contributed by atoms with Crippen LogP contribution in [-0.2, 0) is 19.9 Å². The van der Waals surface area contributed by atoms with Gasteiger partial charge in [-0.1, -0.05) is 78.9 Å². The predicted molar refractivity (Wildman–Crippen MR) is 132 cm³/mol. The number of carbonyl (C=O) groups is 3. The highest BCUT2D eigenvalue weighted by molar-refractivity contribution is 5.91. The number of alkyl carbamates (subject to hydrolysis) is 1. The van der Waals surface area contributed by atoms with E-state index in [0.29, 0.717) is 5.56 Å². The van der Waals surface area contributed by atoms with Gasteiger partial charge in [0.25, 0.3) is 0 Å². The van der Waals surface area contributed by atoms with Crippen LogP contribution in [0.3, 0.4) is 0 Å². The average molecular weight is 473 g/mol. The van der Waals surface area contributed by atoms with E-state index in [0.717, 1.165) is 22.3 Å². The van der Waals surface area contributed by atoms with E-state index in [1.54, 1.807) is 38.1 Å². The minimum absolute atomic E-state index is 0.111. The maximum absolute atomic E-state index is 13.2. The Bertz CT molecular complexity index is 1200. The molecular formula is C28H28N2O5. The molecule has 35 heavy (non-hydrogen) atoms. The molecule has 0 heterocycles. The molecule has 3 aromatic carbocycles. The van der Waals surface area contributed by atoms with Crippen LogP contribution in [0.1, 0.15) is 42.9 Å². The highest BCUT2D eigenvalue weighted by Crippen LogP contribution is 2.44. The molecule has 0 saturated heterocycles. The molecule has 0 spiro atoms. The number of ether oxygens (including phenoxy) is 1. The Morgan fingerprint density at radius 1 is 0.914 bits per heavy atom. The lowest BCUT2D eigenvalue weighted by Crippen LogP contribution is -2.56. The summed E-state index contributed by atoms with van der Waals surface area (Å²) >= 11 is 0. The first-order valence-corrected chi connectivity index (χ1v) is 11.5. The largest absolute Gasteiger partial charge is 0.481 e. The van der Waals surface area contributed by atoms with Crippen molar-refractivity contribution in [2.24, 2.45) is 0 Å². The van der Waals surface area contributed by atoms with Crippen molar-refractivity contribution in [3.05, 3.63) is 95.6 Å². The summed E-state index contributed by atoms with van der Waals surface area (Å²) in [6, 6.07) is 24.3. The van der Waals surface area contributed by atoms with Crippen LogP contribution >= 0.6 is 0 Å². The summed E-state index contributed by atoms with van der Waals surface area (Å²) in [6.07, 6.45) is -0.971. The normalized spacial score (nSPS) is 14.7. The molecule has 0 bridgehead atoms. The van der Waals surface area contributed by atoms with Crippen LogP contribution in [0.5, 0.6) is 0 Å². The van der Waals surface area contributed by atoms with Crippen molar-refractivity contribution in [3.63, 3.8) is 0 Å². The van der Waals surface area contributed by atoms with Crippen LogP contribution in [0, 0.1) is 0 Å². The molecule has 1 aliphatic carbocycles. The molecule has 0 aromatic heterocycles. The molecule has 7 heteroatoms. The van der Waals surface area contributed by atoms with E-state index >= 15 is 0 Å². The maximum Gasteiger partial charge on any atom is 0.408 e. The lowest BCUT2D eigenvalue weighted by atomic mass is 9.90. The number of nitrogens with one attached hydrogen (secondary N) is 2. The summed E-state index contributed by atoms with van der Waals surface area (Å²) in [6.45, 7) is 3.29. The fourth-order valence-electron chi connectivity index (χ4n) is 4.55. The summed E-state index contributed by atoms with van der Waals surface area (Å²) < 4.78 is 5.65. The van der Waals surface area contributed by atoms with Gasteiger partial charge in [-0.05, 0) is 41.7 Å². The average Bonchev–Trinajstić information content (AvgIpc) is 3.16. The summed E-state index contributed by atoms with van der Waals surface area (Å²) in [5.41, 5.74) is 3.51. The van der Waals surface area contributed by atoms with Crippen LogP contribution in [0.25, 0.3) is 11.1 Å². The van der Waals surface area contributed by atoms with Gasteiger partial charge in [-0.2, -0.15) is 0 Å². The molecule has 180 valence electrons. The van der Waals surface area contributed by atoms with Crippen LogP contribution in [0.2, 0.25) is 0 Å². The van der Waals surface area contributed by atoms with Gasteiger partial charge < -0.3 is 20.5 Å². The number of fused-ring (bicyclic) bond motifs is 3. The maximum atomic E-state index is 13.2. The van der Waals surface area contributed by atoms with Gasteiger partial charge in [0.2, 0.25) is 5.91 Å². The first-order chi connectivity index (χ1) is 16.8. The second kappa shape index (κ2) is 10.0. The van der Waals surface area contributed by atoms with Gasteiger partial charge in [0.1, 0.15) is 12.1 Å². The number of aliphatic carboxylic acids is 1. The molecule has 4 rings (SSSR count). The third kappa shape index (κ3) is 5.04. The molecule has 2 atom stereocenters. The molecule has 3 aromatic rings. The molecule has 0 fully saturated rings. The van der Waals surface area contributed by atoms with Crippen molar-refractivity contribution in [1.82, 2.24) is 10.6 Å². The van der Waals surface area contributed by atoms with Crippen LogP contribution in [0.4, 0.5) is 4.79 Å². The van der Waals surface area contributed by atoms with E-state index in [1.807, 2.05) is 42.5 Å². The number of hydrogen-bond acceptors (Lipinski definition) is 4. The summed E-state index contributed by atoms with van der Waals surface area (Å²) in [4.78, 5) is 37.2. The van der Waals surface area contributed by atoms with Gasteiger partial charge in [-0.15, -0.1) is 0 Å². The van der Waals surface area contributed by atoms with Crippen molar-refractivity contribution in [2.75, 3.05) is 6.61 Å². The van der Waals surface area contributed by atoms with Gasteiger partial charge in [0.05, 0.1) is 6.42 Å². The van der Waals surface area contributed by atoms with Gasteiger partial charge in [0.15, 0.2) is 0 Å². The molecule has 0 aliphatic heterocycles. The van der Waals surface area contributed by atoms with Crippen LogP contribution < -0.4 is 10.6 Å². The number of carboxylic acid groups (broad SMARTS) is 1. The molecule has 0 saturated carbocycles. The number of benzene rings is 3. The first kappa shape index (κ1) is 24.0. The fraction of sp³-hybridized carbons (Fsp3) is 0.250. The first-order valence-electron chi connectivity index (χ1n) is 11.5. The van der Waals surface area contributed by atoms with Crippen molar-refractivity contribution in [1.29, 1.82) is 0 Å². The van der Waals surface area contributed by atoms with Crippen molar-refractivity contribution in [3.8, 4) is 11.1 Å². The third-order valence-corrected chi connectivity index (χ3v) is 6.36. The van der Waals surface area contributed by atoms with Gasteiger partial charge in [-0.3, -0.25) is 9.59 Å². The van der Waals surface area contributed by atoms with E-state index in [4.69, 9.17) is 9.84 Å². The van der Waals surface area contributed by atoms with Gasteiger partial charge >= 0.3 is 12.1 Å². The molecule has 2 amide bonds. The van der Waals surface area contributed by atoms with Crippen molar-refractivity contribution >= 4 is 18.0 Å². The lowest BCUT2D eigenvalue weighted by molar-refractivity contribution is -0.137. The van der Waals surface area contributed by atoms with E-state index in [1.165, 1.54) is 0 Å². The highest BCUT2D eigenvalue weighted by Gasteiger charge is 2.38. The zero-order valence-electron chi connectivity index (χ0n) is 19.7. The minimum Gasteiger partial charge on any atom is -0.481 e. The van der Waals surface area contributed by atoms with E-state index < -0.39 is 29.6 Å². The Labute approximate surface area is 204 Å². The highest BCUT2D eigenvalue weighted by atomic mass is 16.5. The molecule has 0 radical (unpaired) electrons. The van der Waals surface area contributed by atoms with Gasteiger partial charge in [0, 0.05) is 12.0 Å². The number of carboxylic acids is 1. The third-order valence-electron chi connectivity index (χ3n) is 6.36. The summed E-state index contributed by atoms with van der Waals surface area (Å²) in [7, 11) is 0. The smallest absolute Gasteiger partial charge is 0.408 e. The number of carbonyl (C=O) groups excluding carboxylic acids is 2. The predicted octanol–water partition coefficient (Wildman–Crippen LogP) is 4.42. The zero-order valence-corrected chi connectivity index (χ0v) is 19.7. The Hall–Kier alpha value is -4.13. The van der Waals surface area contributed by atoms with E-state index in [-0.39, 0.29) is 18.9 Å². The number of rotatable bonds is 8. The van der Waals surface area contributed by atoms with Crippen LogP contribution in [-0.4, -0.2) is 35.7 Å². The van der Waals surface area contributed by atoms with Crippen molar-refractivity contribution in [2.45, 2.75) is 37.8 Å². The Morgan fingerprint density at radius 2 is 1.46 bits per heavy atom. The minimum atomic E-state index is -1.46. The number of hydrogen-bond donors (Lipinski definition) is 3. The van der Waals surface area contributed by atoms with Crippen LogP contribution in [0.15, 0.2) is 78.9 Å². The Morgan fingerprint density at radius 3 is 2.03 bits per heavy atom. The van der Waals surface area contributed by atoms with Crippen molar-refractivity contribution < 1.29 is 24.2 Å². The Balaban J connectivity index is 1.51. The topological polar surface area (TPSA) is 105 Å². The van der Waals surface area contributed by atoms with Gasteiger partial charge in [-0.25, -0.2) is 4.79 Å². The molecule has 2 unspecified atom stereocenters. The second-order valence-corrected chi connectivity index (χ2v) is 8.91. The molecule has 3 N–H and O–H groups in total. The van der Waals surface area contributed by atoms with E-state index in [9.17, 15) is 14.4 Å². The fourth-order valence-corrected chi connectivity index (χ4v) is 4.55. The lowest BCUT2D eigenvalue weighted by Gasteiger charge is -2.31. The monoisotopic (exact) mass is 472 g/mol.